The van der Waals surface area contributed by atoms with Crippen molar-refractivity contribution in [2.45, 2.75) is 25.5 Å². The number of carbonyl (C=O) groups is 1. The van der Waals surface area contributed by atoms with Gasteiger partial charge < -0.3 is 15.4 Å². The smallest absolute Gasteiger partial charge is 0.223 e. The molecule has 1 amide bonds. The Morgan fingerprint density at radius 1 is 1.53 bits per heavy atom. The molecule has 104 valence electrons. The predicted molar refractivity (Wildman–Crippen MR) is 77.9 cm³/mol. The summed E-state index contributed by atoms with van der Waals surface area (Å²) >= 11 is 3.40. The van der Waals surface area contributed by atoms with E-state index in [1.807, 2.05) is 31.2 Å². The highest BCUT2D eigenvalue weighted by Gasteiger charge is 2.18. The molecule has 1 aromatic carbocycles. The average molecular weight is 327 g/mol. The van der Waals surface area contributed by atoms with Crippen LogP contribution in [0.25, 0.3) is 0 Å². The van der Waals surface area contributed by atoms with Crippen LogP contribution in [0.15, 0.2) is 28.7 Å². The molecule has 1 heterocycles. The Balaban J connectivity index is 1.82. The molecular weight excluding hydrogens is 308 g/mol. The summed E-state index contributed by atoms with van der Waals surface area (Å²) in [6.45, 7) is 4.29. The van der Waals surface area contributed by atoms with E-state index in [4.69, 9.17) is 4.74 Å². The van der Waals surface area contributed by atoms with Crippen LogP contribution in [-0.2, 0) is 9.53 Å². The largest absolute Gasteiger partial charge is 0.375 e. The van der Waals surface area contributed by atoms with E-state index in [9.17, 15) is 4.79 Å². The Kier molecular flexibility index (Phi) is 5.36. The number of hydrogen-bond donors (Lipinski definition) is 2. The molecule has 1 saturated heterocycles. The number of benzene rings is 1. The highest BCUT2D eigenvalue weighted by Crippen LogP contribution is 2.16. The second-order valence-electron chi connectivity index (χ2n) is 4.74. The Hall–Kier alpha value is -0.910. The lowest BCUT2D eigenvalue weighted by Crippen LogP contribution is -2.41. The van der Waals surface area contributed by atoms with Gasteiger partial charge in [0.05, 0.1) is 25.2 Å². The summed E-state index contributed by atoms with van der Waals surface area (Å²) in [4.78, 5) is 11.9. The minimum absolute atomic E-state index is 0.00846. The van der Waals surface area contributed by atoms with E-state index in [-0.39, 0.29) is 18.1 Å². The maximum absolute atomic E-state index is 11.9. The standard InChI is InChI=1S/C14H19BrN2O2/c1-10(11-2-4-12(15)5-3-11)17-14(18)8-13-9-16-6-7-19-13/h2-5,10,13,16H,6-9H2,1H3,(H,17,18). The third-order valence-electron chi connectivity index (χ3n) is 3.16. The molecule has 0 radical (unpaired) electrons. The zero-order valence-corrected chi connectivity index (χ0v) is 12.6. The Labute approximate surface area is 122 Å². The maximum atomic E-state index is 11.9. The van der Waals surface area contributed by atoms with Crippen LogP contribution in [0.4, 0.5) is 0 Å². The van der Waals surface area contributed by atoms with Gasteiger partial charge in [-0.1, -0.05) is 28.1 Å². The van der Waals surface area contributed by atoms with Gasteiger partial charge in [-0.3, -0.25) is 4.79 Å². The SMILES string of the molecule is CC(NC(=O)CC1CNCCO1)c1ccc(Br)cc1. The minimum Gasteiger partial charge on any atom is -0.375 e. The molecule has 0 aliphatic carbocycles. The zero-order chi connectivity index (χ0) is 13.7. The minimum atomic E-state index is -0.00846. The van der Waals surface area contributed by atoms with Crippen molar-refractivity contribution in [1.29, 1.82) is 0 Å². The van der Waals surface area contributed by atoms with Gasteiger partial charge in [0.1, 0.15) is 0 Å². The summed E-state index contributed by atoms with van der Waals surface area (Å²) in [7, 11) is 0. The first-order valence-corrected chi connectivity index (χ1v) is 7.31. The van der Waals surface area contributed by atoms with E-state index in [1.165, 1.54) is 0 Å². The summed E-state index contributed by atoms with van der Waals surface area (Å²) in [5.41, 5.74) is 1.10. The van der Waals surface area contributed by atoms with Crippen molar-refractivity contribution in [3.63, 3.8) is 0 Å². The van der Waals surface area contributed by atoms with Gasteiger partial charge in [0.15, 0.2) is 0 Å². The number of hydrogen-bond acceptors (Lipinski definition) is 3. The Morgan fingerprint density at radius 2 is 2.26 bits per heavy atom. The summed E-state index contributed by atoms with van der Waals surface area (Å²) in [6.07, 6.45) is 0.402. The fourth-order valence-electron chi connectivity index (χ4n) is 2.09. The van der Waals surface area contributed by atoms with Crippen LogP contribution in [0.1, 0.15) is 24.9 Å². The Bertz CT molecular complexity index is 416. The van der Waals surface area contributed by atoms with E-state index >= 15 is 0 Å². The lowest BCUT2D eigenvalue weighted by Gasteiger charge is -2.24. The van der Waals surface area contributed by atoms with Gasteiger partial charge in [0.2, 0.25) is 5.91 Å². The summed E-state index contributed by atoms with van der Waals surface area (Å²) in [6, 6.07) is 7.98. The van der Waals surface area contributed by atoms with Crippen LogP contribution >= 0.6 is 15.9 Å². The molecule has 2 N–H and O–H groups in total. The van der Waals surface area contributed by atoms with E-state index in [1.54, 1.807) is 0 Å². The van der Waals surface area contributed by atoms with Crippen LogP contribution in [0, 0.1) is 0 Å². The molecule has 1 aliphatic rings. The molecule has 1 aromatic rings. The molecule has 0 spiro atoms. The topological polar surface area (TPSA) is 50.4 Å². The molecule has 0 bridgehead atoms. The monoisotopic (exact) mass is 326 g/mol. The lowest BCUT2D eigenvalue weighted by molar-refractivity contribution is -0.125. The molecule has 4 nitrogen and oxygen atoms in total. The summed E-state index contributed by atoms with van der Waals surface area (Å²) < 4.78 is 6.56. The summed E-state index contributed by atoms with van der Waals surface area (Å²) in [5, 5.41) is 6.22. The molecule has 2 atom stereocenters. The van der Waals surface area contributed by atoms with E-state index in [2.05, 4.69) is 26.6 Å². The van der Waals surface area contributed by atoms with Crippen molar-refractivity contribution >= 4 is 21.8 Å². The molecule has 19 heavy (non-hydrogen) atoms. The van der Waals surface area contributed by atoms with Gasteiger partial charge in [-0.25, -0.2) is 0 Å². The molecule has 5 heteroatoms. The van der Waals surface area contributed by atoms with Gasteiger partial charge in [0, 0.05) is 17.6 Å². The quantitative estimate of drug-likeness (QED) is 0.889. The zero-order valence-electron chi connectivity index (χ0n) is 11.0. The molecule has 0 saturated carbocycles. The van der Waals surface area contributed by atoms with Gasteiger partial charge in [-0.15, -0.1) is 0 Å². The van der Waals surface area contributed by atoms with Gasteiger partial charge in [0.25, 0.3) is 0 Å². The van der Waals surface area contributed by atoms with Gasteiger partial charge in [-0.05, 0) is 24.6 Å². The molecular formula is C14H19BrN2O2. The van der Waals surface area contributed by atoms with Gasteiger partial charge >= 0.3 is 0 Å². The van der Waals surface area contributed by atoms with Crippen LogP contribution in [-0.4, -0.2) is 31.7 Å². The number of morpholine rings is 1. The number of nitrogens with one attached hydrogen (secondary N) is 2. The molecule has 2 unspecified atom stereocenters. The van der Waals surface area contributed by atoms with E-state index in [0.717, 1.165) is 23.1 Å². The maximum Gasteiger partial charge on any atom is 0.223 e. The van der Waals surface area contributed by atoms with Crippen LogP contribution in [0.5, 0.6) is 0 Å². The normalized spacial score (nSPS) is 20.8. The third-order valence-corrected chi connectivity index (χ3v) is 3.69. The highest BCUT2D eigenvalue weighted by atomic mass is 79.9. The highest BCUT2D eigenvalue weighted by molar-refractivity contribution is 9.10. The number of rotatable bonds is 4. The van der Waals surface area contributed by atoms with Crippen molar-refractivity contribution < 1.29 is 9.53 Å². The first-order valence-electron chi connectivity index (χ1n) is 6.52. The second kappa shape index (κ2) is 7.03. The number of halogens is 1. The average Bonchev–Trinajstić information content (AvgIpc) is 2.40. The fraction of sp³-hybridized carbons (Fsp3) is 0.500. The summed E-state index contributed by atoms with van der Waals surface area (Å²) in [5.74, 6) is 0.0316. The van der Waals surface area contributed by atoms with Crippen LogP contribution < -0.4 is 10.6 Å². The van der Waals surface area contributed by atoms with Crippen molar-refractivity contribution in [2.24, 2.45) is 0 Å². The van der Waals surface area contributed by atoms with Crippen molar-refractivity contribution in [2.75, 3.05) is 19.7 Å². The van der Waals surface area contributed by atoms with Crippen molar-refractivity contribution in [1.82, 2.24) is 10.6 Å². The van der Waals surface area contributed by atoms with Crippen LogP contribution in [0.2, 0.25) is 0 Å². The molecule has 2 rings (SSSR count). The Morgan fingerprint density at radius 3 is 2.89 bits per heavy atom. The van der Waals surface area contributed by atoms with E-state index < -0.39 is 0 Å². The van der Waals surface area contributed by atoms with Crippen molar-refractivity contribution in [3.8, 4) is 0 Å². The number of ether oxygens (including phenoxy) is 1. The number of carbonyl (C=O) groups excluding carboxylic acids is 1. The predicted octanol–water partition coefficient (Wildman–Crippen LogP) is 2.00. The fourth-order valence-corrected chi connectivity index (χ4v) is 2.36. The molecule has 1 aliphatic heterocycles. The van der Waals surface area contributed by atoms with Crippen molar-refractivity contribution in [3.05, 3.63) is 34.3 Å². The molecule has 1 fully saturated rings. The molecule has 0 aromatic heterocycles. The number of amides is 1. The second-order valence-corrected chi connectivity index (χ2v) is 5.66. The van der Waals surface area contributed by atoms with Gasteiger partial charge in [-0.2, -0.15) is 0 Å². The third kappa shape index (κ3) is 4.60. The lowest BCUT2D eigenvalue weighted by atomic mass is 10.1. The van der Waals surface area contributed by atoms with E-state index in [0.29, 0.717) is 13.0 Å². The first-order chi connectivity index (χ1) is 9.15. The van der Waals surface area contributed by atoms with Crippen LogP contribution in [0.3, 0.4) is 0 Å². The first kappa shape index (κ1) is 14.5.